The third kappa shape index (κ3) is 1.82. The van der Waals surface area contributed by atoms with Crippen LogP contribution < -0.4 is 5.69 Å². The SMILES string of the molecule is Cn1c(=O)n(Cc2nccn2C(F)F)c2ccccc21. The van der Waals surface area contributed by atoms with E-state index in [1.807, 2.05) is 12.1 Å². The zero-order chi connectivity index (χ0) is 14.3. The van der Waals surface area contributed by atoms with E-state index in [-0.39, 0.29) is 18.1 Å². The number of rotatable bonds is 3. The Morgan fingerprint density at radius 2 is 1.95 bits per heavy atom. The number of alkyl halides is 2. The molecule has 0 saturated heterocycles. The molecule has 0 fully saturated rings. The first-order valence-corrected chi connectivity index (χ1v) is 6.03. The fourth-order valence-electron chi connectivity index (χ4n) is 2.30. The van der Waals surface area contributed by atoms with E-state index >= 15 is 0 Å². The molecule has 1 aromatic carbocycles. The molecule has 0 aliphatic rings. The molecule has 5 nitrogen and oxygen atoms in total. The molecule has 0 spiro atoms. The van der Waals surface area contributed by atoms with Crippen molar-refractivity contribution in [1.82, 2.24) is 18.7 Å². The molecule has 3 rings (SSSR count). The molecule has 0 amide bonds. The van der Waals surface area contributed by atoms with E-state index in [2.05, 4.69) is 4.98 Å². The van der Waals surface area contributed by atoms with Gasteiger partial charge in [0.1, 0.15) is 5.82 Å². The van der Waals surface area contributed by atoms with Crippen molar-refractivity contribution in [2.45, 2.75) is 13.1 Å². The van der Waals surface area contributed by atoms with Crippen molar-refractivity contribution < 1.29 is 8.78 Å². The van der Waals surface area contributed by atoms with E-state index < -0.39 is 6.55 Å². The van der Waals surface area contributed by atoms with Gasteiger partial charge in [0, 0.05) is 19.4 Å². The van der Waals surface area contributed by atoms with Crippen molar-refractivity contribution in [3.8, 4) is 0 Å². The van der Waals surface area contributed by atoms with Crippen LogP contribution in [0.4, 0.5) is 8.78 Å². The van der Waals surface area contributed by atoms with Crippen LogP contribution in [-0.4, -0.2) is 18.7 Å². The number of nitrogens with zero attached hydrogens (tertiary/aromatic N) is 4. The number of fused-ring (bicyclic) bond motifs is 1. The number of benzene rings is 1. The quantitative estimate of drug-likeness (QED) is 0.735. The number of aromatic nitrogens is 4. The summed E-state index contributed by atoms with van der Waals surface area (Å²) in [6, 6.07) is 7.23. The van der Waals surface area contributed by atoms with Gasteiger partial charge in [0.05, 0.1) is 17.6 Å². The molecule has 0 atom stereocenters. The molecule has 0 N–H and O–H groups in total. The van der Waals surface area contributed by atoms with Gasteiger partial charge < -0.3 is 0 Å². The summed E-state index contributed by atoms with van der Waals surface area (Å²) in [5, 5.41) is 0. The molecule has 2 aromatic heterocycles. The maximum atomic E-state index is 12.8. The summed E-state index contributed by atoms with van der Waals surface area (Å²) < 4.78 is 29.3. The fraction of sp³-hybridized carbons (Fsp3) is 0.231. The van der Waals surface area contributed by atoms with Gasteiger partial charge in [-0.15, -0.1) is 0 Å². The van der Waals surface area contributed by atoms with Crippen molar-refractivity contribution in [2.75, 3.05) is 0 Å². The molecule has 104 valence electrons. The molecule has 0 unspecified atom stereocenters. The number of aryl methyl sites for hydroxylation is 1. The number of hydrogen-bond donors (Lipinski definition) is 0. The normalized spacial score (nSPS) is 11.6. The molecule has 7 heteroatoms. The molecule has 0 bridgehead atoms. The van der Waals surface area contributed by atoms with Gasteiger partial charge in [0.15, 0.2) is 0 Å². The van der Waals surface area contributed by atoms with Gasteiger partial charge in [-0.2, -0.15) is 8.78 Å². The molecule has 3 aromatic rings. The van der Waals surface area contributed by atoms with Gasteiger partial charge in [0.25, 0.3) is 0 Å². The third-order valence-electron chi connectivity index (χ3n) is 3.31. The minimum absolute atomic E-state index is 0.0114. The molecule has 2 heterocycles. The van der Waals surface area contributed by atoms with Crippen LogP contribution in [0.3, 0.4) is 0 Å². The summed E-state index contributed by atoms with van der Waals surface area (Å²) in [4.78, 5) is 16.1. The van der Waals surface area contributed by atoms with E-state index in [0.717, 1.165) is 10.1 Å². The van der Waals surface area contributed by atoms with Crippen molar-refractivity contribution in [3.63, 3.8) is 0 Å². The second-order valence-electron chi connectivity index (χ2n) is 4.44. The van der Waals surface area contributed by atoms with Gasteiger partial charge >= 0.3 is 12.2 Å². The average Bonchev–Trinajstić information content (AvgIpc) is 2.99. The number of para-hydroxylation sites is 2. The molecule has 0 radical (unpaired) electrons. The Morgan fingerprint density at radius 3 is 2.65 bits per heavy atom. The van der Waals surface area contributed by atoms with E-state index in [0.29, 0.717) is 5.52 Å². The smallest absolute Gasteiger partial charge is 0.295 e. The third-order valence-corrected chi connectivity index (χ3v) is 3.31. The fourth-order valence-corrected chi connectivity index (χ4v) is 2.30. The Hall–Kier alpha value is -2.44. The predicted octanol–water partition coefficient (Wildman–Crippen LogP) is 1.98. The summed E-state index contributed by atoms with van der Waals surface area (Å²) in [5.41, 5.74) is 1.20. The lowest BCUT2D eigenvalue weighted by atomic mass is 10.3. The van der Waals surface area contributed by atoms with Crippen molar-refractivity contribution in [1.29, 1.82) is 0 Å². The van der Waals surface area contributed by atoms with Gasteiger partial charge in [0.2, 0.25) is 0 Å². The highest BCUT2D eigenvalue weighted by Gasteiger charge is 2.15. The largest absolute Gasteiger partial charge is 0.329 e. The first-order chi connectivity index (χ1) is 9.59. The Balaban J connectivity index is 2.14. The number of imidazole rings is 2. The molecule has 20 heavy (non-hydrogen) atoms. The summed E-state index contributed by atoms with van der Waals surface area (Å²) >= 11 is 0. The Kier molecular flexibility index (Phi) is 2.89. The zero-order valence-corrected chi connectivity index (χ0v) is 10.7. The van der Waals surface area contributed by atoms with Crippen molar-refractivity contribution in [2.24, 2.45) is 7.05 Å². The van der Waals surface area contributed by atoms with Crippen LogP contribution in [-0.2, 0) is 13.6 Å². The van der Waals surface area contributed by atoms with Crippen molar-refractivity contribution in [3.05, 3.63) is 53.0 Å². The van der Waals surface area contributed by atoms with E-state index in [1.165, 1.54) is 21.5 Å². The van der Waals surface area contributed by atoms with Crippen LogP contribution in [0.25, 0.3) is 11.0 Å². The van der Waals surface area contributed by atoms with Gasteiger partial charge in [-0.25, -0.2) is 9.78 Å². The predicted molar refractivity (Wildman–Crippen MR) is 69.8 cm³/mol. The minimum atomic E-state index is -2.67. The second kappa shape index (κ2) is 4.59. The van der Waals surface area contributed by atoms with E-state index in [4.69, 9.17) is 0 Å². The van der Waals surface area contributed by atoms with Crippen LogP contribution in [0.5, 0.6) is 0 Å². The monoisotopic (exact) mass is 278 g/mol. The molecule has 0 aliphatic heterocycles. The highest BCUT2D eigenvalue weighted by atomic mass is 19.3. The standard InChI is InChI=1S/C13H12F2N4O/c1-17-9-4-2-3-5-10(9)19(13(17)20)8-11-16-6-7-18(11)12(14)15/h2-7,12H,8H2,1H3. The number of halogens is 2. The Morgan fingerprint density at radius 1 is 1.25 bits per heavy atom. The van der Waals surface area contributed by atoms with E-state index in [1.54, 1.807) is 19.2 Å². The maximum absolute atomic E-state index is 12.8. The van der Waals surface area contributed by atoms with Crippen LogP contribution in [0, 0.1) is 0 Å². The summed E-state index contributed by atoms with van der Waals surface area (Å²) in [5.74, 6) is 0.151. The van der Waals surface area contributed by atoms with Crippen molar-refractivity contribution >= 4 is 11.0 Å². The maximum Gasteiger partial charge on any atom is 0.329 e. The van der Waals surface area contributed by atoms with Crippen LogP contribution in [0.15, 0.2) is 41.5 Å². The highest BCUT2D eigenvalue weighted by molar-refractivity contribution is 5.75. The second-order valence-corrected chi connectivity index (χ2v) is 4.44. The zero-order valence-electron chi connectivity index (χ0n) is 10.7. The van der Waals surface area contributed by atoms with Gasteiger partial charge in [-0.3, -0.25) is 13.7 Å². The lowest BCUT2D eigenvalue weighted by Gasteiger charge is -2.07. The number of hydrogen-bond acceptors (Lipinski definition) is 2. The Labute approximate surface area is 112 Å². The molecular formula is C13H12F2N4O. The lowest BCUT2D eigenvalue weighted by Crippen LogP contribution is -2.24. The van der Waals surface area contributed by atoms with Crippen LogP contribution in [0.1, 0.15) is 12.4 Å². The van der Waals surface area contributed by atoms with Gasteiger partial charge in [-0.1, -0.05) is 12.1 Å². The minimum Gasteiger partial charge on any atom is -0.295 e. The summed E-state index contributed by atoms with van der Waals surface area (Å²) in [6.45, 7) is -2.66. The lowest BCUT2D eigenvalue weighted by molar-refractivity contribution is 0.0667. The van der Waals surface area contributed by atoms with Crippen LogP contribution in [0.2, 0.25) is 0 Å². The topological polar surface area (TPSA) is 44.8 Å². The first-order valence-electron chi connectivity index (χ1n) is 6.03. The molecular weight excluding hydrogens is 266 g/mol. The van der Waals surface area contributed by atoms with Crippen LogP contribution >= 0.6 is 0 Å². The highest BCUT2D eigenvalue weighted by Crippen LogP contribution is 2.16. The summed E-state index contributed by atoms with van der Waals surface area (Å²) in [6.07, 6.45) is 2.51. The molecule has 0 aliphatic carbocycles. The molecule has 0 saturated carbocycles. The Bertz CT molecular complexity index is 815. The first kappa shape index (κ1) is 12.6. The average molecular weight is 278 g/mol. The summed E-state index contributed by atoms with van der Waals surface area (Å²) in [7, 11) is 1.65. The van der Waals surface area contributed by atoms with Gasteiger partial charge in [-0.05, 0) is 12.1 Å². The van der Waals surface area contributed by atoms with E-state index in [9.17, 15) is 13.6 Å².